The van der Waals surface area contributed by atoms with E-state index in [4.69, 9.17) is 52.0 Å². The molecule has 4 rings (SSSR count). The lowest BCUT2D eigenvalue weighted by atomic mass is 10.2. The zero-order chi connectivity index (χ0) is 35.1. The minimum Gasteiger partial charge on any atom is -0.399 e. The molecule has 2 amide bonds. The van der Waals surface area contributed by atoms with E-state index in [1.807, 2.05) is 24.8 Å². The Hall–Kier alpha value is -4.20. The van der Waals surface area contributed by atoms with Gasteiger partial charge in [0.2, 0.25) is 15.9 Å². The molecule has 0 fully saturated rings. The van der Waals surface area contributed by atoms with Crippen molar-refractivity contribution < 1.29 is 18.0 Å². The molecule has 0 aliphatic heterocycles. The van der Waals surface area contributed by atoms with Gasteiger partial charge >= 0.3 is 0 Å². The van der Waals surface area contributed by atoms with Gasteiger partial charge in [0.05, 0.1) is 44.9 Å². The molecule has 0 radical (unpaired) electrons. The lowest BCUT2D eigenvalue weighted by Gasteiger charge is -2.17. The van der Waals surface area contributed by atoms with Gasteiger partial charge in [0.1, 0.15) is 0 Å². The van der Waals surface area contributed by atoms with Gasteiger partial charge in [-0.3, -0.25) is 19.2 Å². The van der Waals surface area contributed by atoms with Gasteiger partial charge in [0.15, 0.2) is 0 Å². The smallest absolute Gasteiger partial charge is 0.255 e. The highest BCUT2D eigenvalue weighted by Crippen LogP contribution is 2.26. The van der Waals surface area contributed by atoms with E-state index in [1.165, 1.54) is 12.1 Å². The molecule has 4 aromatic rings. The van der Waals surface area contributed by atoms with Crippen molar-refractivity contribution in [3.8, 4) is 0 Å². The highest BCUT2D eigenvalue weighted by atomic mass is 35.5. The van der Waals surface area contributed by atoms with E-state index in [9.17, 15) is 18.0 Å². The Kier molecular flexibility index (Phi) is 15.6. The number of sulfonamides is 1. The molecule has 0 aliphatic carbocycles. The molecule has 0 unspecified atom stereocenters. The first-order chi connectivity index (χ1) is 22.1. The van der Waals surface area contributed by atoms with Crippen LogP contribution in [0.25, 0.3) is 0 Å². The molecule has 9 N–H and O–H groups in total. The minimum absolute atomic E-state index is 0.0691. The molecule has 4 aromatic carbocycles. The predicted molar refractivity (Wildman–Crippen MR) is 197 cm³/mol. The molecule has 0 bridgehead atoms. The van der Waals surface area contributed by atoms with Crippen LogP contribution < -0.4 is 32.6 Å². The zero-order valence-electron chi connectivity index (χ0n) is 26.1. The Labute approximate surface area is 290 Å². The van der Waals surface area contributed by atoms with Crippen molar-refractivity contribution in [3.63, 3.8) is 0 Å². The summed E-state index contributed by atoms with van der Waals surface area (Å²) in [5, 5.41) is 6.66. The van der Waals surface area contributed by atoms with Crippen molar-refractivity contribution in [2.24, 2.45) is 0 Å². The number of hydrogen-bond acceptors (Lipinski definition) is 8. The predicted octanol–water partition coefficient (Wildman–Crippen LogP) is 6.67. The quantitative estimate of drug-likeness (QED) is 0.103. The van der Waals surface area contributed by atoms with Gasteiger partial charge < -0.3 is 27.8 Å². The van der Waals surface area contributed by atoms with Gasteiger partial charge in [0.25, 0.3) is 5.91 Å². The van der Waals surface area contributed by atoms with Crippen molar-refractivity contribution in [2.45, 2.75) is 13.8 Å². The fraction of sp³-hybridized carbons (Fsp3) is 0.188. The number of nitrogens with two attached hydrogens (primary N) is 3. The Morgan fingerprint density at radius 1 is 0.681 bits per heavy atom. The van der Waals surface area contributed by atoms with Gasteiger partial charge in [-0.05, 0) is 79.8 Å². The van der Waals surface area contributed by atoms with Crippen LogP contribution in [0.2, 0.25) is 15.1 Å². The van der Waals surface area contributed by atoms with E-state index < -0.39 is 10.0 Å². The van der Waals surface area contributed by atoms with Crippen LogP contribution in [0.3, 0.4) is 0 Å². The molecule has 0 saturated heterocycles. The second-order valence-electron chi connectivity index (χ2n) is 9.92. The third kappa shape index (κ3) is 14.4. The topological polar surface area (TPSA) is 186 Å². The summed E-state index contributed by atoms with van der Waals surface area (Å²) in [6.07, 6.45) is 1.06. The first kappa shape index (κ1) is 39.0. The van der Waals surface area contributed by atoms with Crippen molar-refractivity contribution in [3.05, 3.63) is 106 Å². The summed E-state index contributed by atoms with van der Waals surface area (Å²) in [6.45, 7) is 6.10. The number of nitrogen functional groups attached to an aromatic ring is 3. The molecule has 0 aliphatic rings. The van der Waals surface area contributed by atoms with Gasteiger partial charge in [0, 0.05) is 22.6 Å². The molecule has 0 aromatic heterocycles. The number of likely N-dealkylation sites (N-methyl/N-ethyl adjacent to an activating group) is 1. The van der Waals surface area contributed by atoms with Crippen LogP contribution in [-0.4, -0.2) is 51.0 Å². The maximum absolute atomic E-state index is 11.9. The lowest BCUT2D eigenvalue weighted by molar-refractivity contribution is -0.117. The number of benzene rings is 4. The number of nitrogens with one attached hydrogen (secondary N) is 3. The fourth-order valence-corrected chi connectivity index (χ4v) is 5.05. The number of nitrogens with zero attached hydrogens (tertiary/aromatic N) is 1. The second-order valence-corrected chi connectivity index (χ2v) is 12.9. The number of rotatable bonds is 9. The molecule has 11 nitrogen and oxygen atoms in total. The summed E-state index contributed by atoms with van der Waals surface area (Å²) in [7, 11) is -3.29. The Morgan fingerprint density at radius 3 is 1.51 bits per heavy atom. The fourth-order valence-electron chi connectivity index (χ4n) is 3.70. The number of carbonyl (C=O) groups excluding carboxylic acids is 2. The average Bonchev–Trinajstić information content (AvgIpc) is 3.01. The normalized spacial score (nSPS) is 10.5. The number of anilines is 6. The molecule has 252 valence electrons. The zero-order valence-corrected chi connectivity index (χ0v) is 29.1. The van der Waals surface area contributed by atoms with Crippen LogP contribution in [0.5, 0.6) is 0 Å². The van der Waals surface area contributed by atoms with E-state index in [-0.39, 0.29) is 16.8 Å². The Bertz CT molecular complexity index is 1760. The van der Waals surface area contributed by atoms with Crippen molar-refractivity contribution >= 4 is 90.8 Å². The summed E-state index contributed by atoms with van der Waals surface area (Å²) in [5.41, 5.74) is 20.3. The maximum Gasteiger partial charge on any atom is 0.255 e. The third-order valence-electron chi connectivity index (χ3n) is 6.09. The average molecular weight is 723 g/mol. The van der Waals surface area contributed by atoms with E-state index in [1.54, 1.807) is 66.7 Å². The number of amides is 2. The molecule has 0 spiro atoms. The molecule has 15 heteroatoms. The molecule has 0 atom stereocenters. The highest BCUT2D eigenvalue weighted by Gasteiger charge is 2.10. The van der Waals surface area contributed by atoms with Crippen LogP contribution in [0.4, 0.5) is 34.1 Å². The largest absolute Gasteiger partial charge is 0.399 e. The summed E-state index contributed by atoms with van der Waals surface area (Å²) in [4.78, 5) is 25.6. The van der Waals surface area contributed by atoms with Crippen LogP contribution in [-0.2, 0) is 14.8 Å². The Balaban J connectivity index is 0.000000248. The van der Waals surface area contributed by atoms with Crippen molar-refractivity contribution in [1.82, 2.24) is 4.90 Å². The minimum atomic E-state index is -3.29. The summed E-state index contributed by atoms with van der Waals surface area (Å²) in [6, 6.07) is 23.5. The van der Waals surface area contributed by atoms with Crippen molar-refractivity contribution in [1.29, 1.82) is 0 Å². The number of halogens is 3. The van der Waals surface area contributed by atoms with Crippen LogP contribution in [0.15, 0.2) is 84.9 Å². The lowest BCUT2D eigenvalue weighted by Crippen LogP contribution is -2.32. The summed E-state index contributed by atoms with van der Waals surface area (Å²) < 4.78 is 23.9. The Morgan fingerprint density at radius 2 is 1.11 bits per heavy atom. The molecular weight excluding hydrogens is 685 g/mol. The second kappa shape index (κ2) is 18.8. The SMILES string of the molecule is CCN(CC)CC(=O)Nc1ccc(N)cc1Cl.CS(=O)(=O)Nc1ccc(N)cc1Cl.Nc1ccc(NC(=O)c2ccccc2)c(Cl)c1. The summed E-state index contributed by atoms with van der Waals surface area (Å²) >= 11 is 17.7. The van der Waals surface area contributed by atoms with E-state index >= 15 is 0 Å². The van der Waals surface area contributed by atoms with Crippen molar-refractivity contribution in [2.75, 3.05) is 58.4 Å². The number of carbonyl (C=O) groups is 2. The maximum atomic E-state index is 11.9. The first-order valence-electron chi connectivity index (χ1n) is 14.1. The van der Waals surface area contributed by atoms with E-state index in [0.717, 1.165) is 19.3 Å². The van der Waals surface area contributed by atoms with E-state index in [2.05, 4.69) is 15.4 Å². The summed E-state index contributed by atoms with van der Waals surface area (Å²) in [5.74, 6) is -0.266. The standard InChI is InChI=1S/C13H11ClN2O.C12H18ClN3O.C7H9ClN2O2S/c14-11-8-10(15)6-7-12(11)16-13(17)9-4-2-1-3-5-9;1-3-16(4-2)8-12(17)15-11-6-5-9(14)7-10(11)13;1-13(11,12)10-7-3-2-5(9)4-6(7)8/h1-8H,15H2,(H,16,17);5-7H,3-4,8,14H2,1-2H3,(H,15,17);2-4,10H,9H2,1H3. The molecular formula is C32H38Cl3N7O4S. The number of hydrogen-bond donors (Lipinski definition) is 6. The van der Waals surface area contributed by atoms with Gasteiger partial charge in [-0.2, -0.15) is 0 Å². The molecule has 0 heterocycles. The highest BCUT2D eigenvalue weighted by molar-refractivity contribution is 7.92. The van der Waals surface area contributed by atoms with Crippen LogP contribution >= 0.6 is 34.8 Å². The van der Waals surface area contributed by atoms with Gasteiger partial charge in [-0.25, -0.2) is 8.42 Å². The van der Waals surface area contributed by atoms with Crippen LogP contribution in [0, 0.1) is 0 Å². The molecule has 47 heavy (non-hydrogen) atoms. The molecule has 0 saturated carbocycles. The van der Waals surface area contributed by atoms with Gasteiger partial charge in [-0.15, -0.1) is 0 Å². The monoisotopic (exact) mass is 721 g/mol. The van der Waals surface area contributed by atoms with Crippen LogP contribution in [0.1, 0.15) is 24.2 Å². The van der Waals surface area contributed by atoms with E-state index in [0.29, 0.717) is 56.3 Å². The third-order valence-corrected chi connectivity index (χ3v) is 7.62. The van der Waals surface area contributed by atoms with Gasteiger partial charge in [-0.1, -0.05) is 66.8 Å². The first-order valence-corrected chi connectivity index (χ1v) is 17.2.